The fraction of sp³-hybridized carbons (Fsp3) is 0.222. The Morgan fingerprint density at radius 3 is 3.00 bits per heavy atom. The molecule has 1 heterocycles. The van der Waals surface area contributed by atoms with Crippen molar-refractivity contribution in [2.75, 3.05) is 19.6 Å². The van der Waals surface area contributed by atoms with Gasteiger partial charge in [0, 0.05) is 3.57 Å². The fourth-order valence-electron chi connectivity index (χ4n) is 1.33. The number of anilines is 1. The Labute approximate surface area is 99.6 Å². The third-order valence-corrected chi connectivity index (χ3v) is 2.94. The molecule has 0 fully saturated rings. The summed E-state index contributed by atoms with van der Waals surface area (Å²) in [5.74, 6) is 0.363. The number of ether oxygens (including phenoxy) is 3. The van der Waals surface area contributed by atoms with Crippen LogP contribution in [0.2, 0.25) is 0 Å². The summed E-state index contributed by atoms with van der Waals surface area (Å²) >= 11 is 2.02. The van der Waals surface area contributed by atoms with E-state index >= 15 is 0 Å². The van der Waals surface area contributed by atoms with Crippen LogP contribution in [-0.2, 0) is 4.74 Å². The molecule has 2 rings (SSSR count). The van der Waals surface area contributed by atoms with Gasteiger partial charge in [-0.05, 0) is 28.7 Å². The van der Waals surface area contributed by atoms with Crippen LogP contribution in [0.4, 0.5) is 5.69 Å². The highest BCUT2D eigenvalue weighted by Crippen LogP contribution is 2.41. The van der Waals surface area contributed by atoms with E-state index in [0.29, 0.717) is 17.2 Å². The largest absolute Gasteiger partial charge is 0.465 e. The second-order valence-corrected chi connectivity index (χ2v) is 4.03. The average molecular weight is 321 g/mol. The number of hydrogen-bond donors (Lipinski definition) is 1. The van der Waals surface area contributed by atoms with Gasteiger partial charge in [-0.3, -0.25) is 0 Å². The average Bonchev–Trinajstić information content (AvgIpc) is 2.66. The Morgan fingerprint density at radius 1 is 1.60 bits per heavy atom. The molecule has 0 radical (unpaired) electrons. The van der Waals surface area contributed by atoms with Gasteiger partial charge < -0.3 is 19.9 Å². The van der Waals surface area contributed by atoms with Crippen molar-refractivity contribution in [2.45, 2.75) is 0 Å². The minimum absolute atomic E-state index is 0.0961. The van der Waals surface area contributed by atoms with Crippen molar-refractivity contribution < 1.29 is 19.0 Å². The Balaban J connectivity index is 2.65. The molecule has 0 spiro atoms. The van der Waals surface area contributed by atoms with Crippen LogP contribution < -0.4 is 15.2 Å². The minimum Gasteiger partial charge on any atom is -0.465 e. The summed E-state index contributed by atoms with van der Waals surface area (Å²) in [6.45, 7) is 0.0961. The molecule has 1 aromatic carbocycles. The van der Waals surface area contributed by atoms with Gasteiger partial charge in [-0.1, -0.05) is 0 Å². The number of rotatable bonds is 1. The van der Waals surface area contributed by atoms with Crippen molar-refractivity contribution in [3.63, 3.8) is 0 Å². The van der Waals surface area contributed by atoms with E-state index in [9.17, 15) is 4.79 Å². The quantitative estimate of drug-likeness (QED) is 0.481. The van der Waals surface area contributed by atoms with Crippen LogP contribution >= 0.6 is 22.6 Å². The van der Waals surface area contributed by atoms with Gasteiger partial charge in [-0.15, -0.1) is 0 Å². The maximum atomic E-state index is 11.5. The molecule has 0 saturated carbocycles. The second-order valence-electron chi connectivity index (χ2n) is 2.87. The number of methoxy groups -OCH3 is 1. The molecule has 80 valence electrons. The number of nitrogen functional groups attached to an aromatic ring is 1. The highest BCUT2D eigenvalue weighted by atomic mass is 127. The predicted molar refractivity (Wildman–Crippen MR) is 61.0 cm³/mol. The summed E-state index contributed by atoms with van der Waals surface area (Å²) in [6, 6.07) is 1.73. The molecular weight excluding hydrogens is 313 g/mol. The van der Waals surface area contributed by atoms with E-state index in [-0.39, 0.29) is 12.4 Å². The standard InChI is InChI=1S/C9H8INO4/c1-13-9(12)6-7(11)4(10)2-5-8(6)15-3-14-5/h2H,3,11H2,1H3. The maximum Gasteiger partial charge on any atom is 0.343 e. The minimum atomic E-state index is -0.521. The molecule has 0 amide bonds. The number of nitrogens with two attached hydrogens (primary N) is 1. The molecule has 15 heavy (non-hydrogen) atoms. The Morgan fingerprint density at radius 2 is 2.33 bits per heavy atom. The summed E-state index contributed by atoms with van der Waals surface area (Å²) in [5.41, 5.74) is 6.37. The normalized spacial score (nSPS) is 12.7. The Bertz CT molecular complexity index is 433. The molecule has 1 aliphatic rings. The molecule has 6 heteroatoms. The first-order valence-electron chi connectivity index (χ1n) is 4.11. The second kappa shape index (κ2) is 3.76. The van der Waals surface area contributed by atoms with Crippen LogP contribution in [0, 0.1) is 3.57 Å². The van der Waals surface area contributed by atoms with Gasteiger partial charge in [0.1, 0.15) is 5.56 Å². The lowest BCUT2D eigenvalue weighted by atomic mass is 10.1. The SMILES string of the molecule is COC(=O)c1c(N)c(I)cc2c1OCO2. The lowest BCUT2D eigenvalue weighted by Crippen LogP contribution is -2.08. The number of carbonyl (C=O) groups excluding carboxylic acids is 1. The molecule has 0 bridgehead atoms. The van der Waals surface area contributed by atoms with Crippen molar-refractivity contribution >= 4 is 34.2 Å². The summed E-state index contributed by atoms with van der Waals surface area (Å²) in [4.78, 5) is 11.5. The highest BCUT2D eigenvalue weighted by molar-refractivity contribution is 14.1. The number of carbonyl (C=O) groups is 1. The van der Waals surface area contributed by atoms with E-state index in [2.05, 4.69) is 4.74 Å². The topological polar surface area (TPSA) is 70.8 Å². The number of halogens is 1. The van der Waals surface area contributed by atoms with Crippen molar-refractivity contribution in [3.8, 4) is 11.5 Å². The lowest BCUT2D eigenvalue weighted by Gasteiger charge is -2.08. The zero-order valence-corrected chi connectivity index (χ0v) is 10.0. The molecule has 5 nitrogen and oxygen atoms in total. The molecule has 0 saturated heterocycles. The summed E-state index contributed by atoms with van der Waals surface area (Å²) in [6.07, 6.45) is 0. The molecule has 0 unspecified atom stereocenters. The van der Waals surface area contributed by atoms with Crippen LogP contribution in [0.15, 0.2) is 6.07 Å². The van der Waals surface area contributed by atoms with Crippen molar-refractivity contribution in [1.29, 1.82) is 0 Å². The van der Waals surface area contributed by atoms with Crippen LogP contribution in [0.25, 0.3) is 0 Å². The van der Waals surface area contributed by atoms with E-state index in [4.69, 9.17) is 15.2 Å². The van der Waals surface area contributed by atoms with E-state index < -0.39 is 5.97 Å². The lowest BCUT2D eigenvalue weighted by molar-refractivity contribution is 0.0597. The van der Waals surface area contributed by atoms with Crippen LogP contribution in [0.1, 0.15) is 10.4 Å². The van der Waals surface area contributed by atoms with Crippen molar-refractivity contribution in [3.05, 3.63) is 15.2 Å². The molecule has 0 aliphatic carbocycles. The summed E-state index contributed by atoms with van der Waals surface area (Å²) < 4.78 is 15.7. The number of fused-ring (bicyclic) bond motifs is 1. The first kappa shape index (κ1) is 10.3. The van der Waals surface area contributed by atoms with Gasteiger partial charge in [0.05, 0.1) is 12.8 Å². The zero-order chi connectivity index (χ0) is 11.0. The van der Waals surface area contributed by atoms with Gasteiger partial charge in [0.25, 0.3) is 0 Å². The van der Waals surface area contributed by atoms with E-state index in [1.54, 1.807) is 6.07 Å². The summed E-state index contributed by atoms with van der Waals surface area (Å²) in [5, 5.41) is 0. The van der Waals surface area contributed by atoms with Gasteiger partial charge >= 0.3 is 5.97 Å². The van der Waals surface area contributed by atoms with E-state index in [1.807, 2.05) is 22.6 Å². The van der Waals surface area contributed by atoms with E-state index in [1.165, 1.54) is 7.11 Å². The van der Waals surface area contributed by atoms with Crippen molar-refractivity contribution in [1.82, 2.24) is 0 Å². The zero-order valence-electron chi connectivity index (χ0n) is 7.87. The summed E-state index contributed by atoms with van der Waals surface area (Å²) in [7, 11) is 1.30. The molecule has 0 atom stereocenters. The predicted octanol–water partition coefficient (Wildman–Crippen LogP) is 1.39. The van der Waals surface area contributed by atoms with Crippen LogP contribution in [0.3, 0.4) is 0 Å². The number of hydrogen-bond acceptors (Lipinski definition) is 5. The van der Waals surface area contributed by atoms with Crippen LogP contribution in [0.5, 0.6) is 11.5 Å². The number of benzene rings is 1. The number of esters is 1. The smallest absolute Gasteiger partial charge is 0.343 e. The molecular formula is C9H8INO4. The van der Waals surface area contributed by atoms with Gasteiger partial charge in [0.2, 0.25) is 6.79 Å². The molecule has 0 aromatic heterocycles. The van der Waals surface area contributed by atoms with Gasteiger partial charge in [-0.25, -0.2) is 4.79 Å². The molecule has 1 aliphatic heterocycles. The first-order valence-corrected chi connectivity index (χ1v) is 5.19. The first-order chi connectivity index (χ1) is 7.15. The third-order valence-electron chi connectivity index (χ3n) is 2.04. The van der Waals surface area contributed by atoms with Crippen LogP contribution in [-0.4, -0.2) is 19.9 Å². The Hall–Kier alpha value is -1.18. The third kappa shape index (κ3) is 1.58. The fourth-order valence-corrected chi connectivity index (χ4v) is 1.88. The van der Waals surface area contributed by atoms with Gasteiger partial charge in [0.15, 0.2) is 11.5 Å². The monoisotopic (exact) mass is 321 g/mol. The van der Waals surface area contributed by atoms with E-state index in [0.717, 1.165) is 3.57 Å². The van der Waals surface area contributed by atoms with Gasteiger partial charge in [-0.2, -0.15) is 0 Å². The molecule has 1 aromatic rings. The Kier molecular flexibility index (Phi) is 2.59. The maximum absolute atomic E-state index is 11.5. The van der Waals surface area contributed by atoms with Crippen molar-refractivity contribution in [2.24, 2.45) is 0 Å². The molecule has 2 N–H and O–H groups in total. The highest BCUT2D eigenvalue weighted by Gasteiger charge is 2.27.